The van der Waals surface area contributed by atoms with Crippen molar-refractivity contribution in [3.05, 3.63) is 29.6 Å². The van der Waals surface area contributed by atoms with Crippen LogP contribution in [-0.2, 0) is 6.42 Å². The van der Waals surface area contributed by atoms with Crippen LogP contribution >= 0.6 is 15.9 Å². The Labute approximate surface area is 122 Å². The minimum atomic E-state index is -0.167. The van der Waals surface area contributed by atoms with Crippen molar-refractivity contribution in [1.82, 2.24) is 4.90 Å². The Bertz CT molecular complexity index is 454. The highest BCUT2D eigenvalue weighted by molar-refractivity contribution is 9.09. The van der Waals surface area contributed by atoms with E-state index in [0.717, 1.165) is 36.2 Å². The van der Waals surface area contributed by atoms with E-state index < -0.39 is 0 Å². The summed E-state index contributed by atoms with van der Waals surface area (Å²) in [4.78, 5) is 2.52. The summed E-state index contributed by atoms with van der Waals surface area (Å²) in [7, 11) is 0. The van der Waals surface area contributed by atoms with E-state index in [9.17, 15) is 4.39 Å². The molecule has 0 spiro atoms. The monoisotopic (exact) mass is 327 g/mol. The molecule has 2 aliphatic rings. The Hall–Kier alpha value is -0.610. The van der Waals surface area contributed by atoms with Crippen molar-refractivity contribution in [2.75, 3.05) is 18.4 Å². The Kier molecular flexibility index (Phi) is 4.08. The van der Waals surface area contributed by atoms with E-state index in [2.05, 4.69) is 20.8 Å². The summed E-state index contributed by atoms with van der Waals surface area (Å²) in [6.45, 7) is 2.10. The van der Waals surface area contributed by atoms with Crippen molar-refractivity contribution >= 4 is 15.9 Å². The maximum Gasteiger partial charge on any atom is 0.123 e. The summed E-state index contributed by atoms with van der Waals surface area (Å²) in [5.41, 5.74) is 1.01. The molecular weight excluding hydrogens is 309 g/mol. The van der Waals surface area contributed by atoms with Crippen LogP contribution in [0.15, 0.2) is 18.2 Å². The number of rotatable bonds is 3. The summed E-state index contributed by atoms with van der Waals surface area (Å²) in [5.74, 6) is 0.693. The van der Waals surface area contributed by atoms with E-state index in [-0.39, 0.29) is 11.9 Å². The molecule has 0 radical (unpaired) electrons. The molecule has 1 saturated heterocycles. The lowest BCUT2D eigenvalue weighted by Crippen LogP contribution is -2.45. The highest BCUT2D eigenvalue weighted by Crippen LogP contribution is 2.30. The number of ether oxygens (including phenoxy) is 1. The Morgan fingerprint density at radius 1 is 1.37 bits per heavy atom. The number of halogens is 2. The van der Waals surface area contributed by atoms with Crippen LogP contribution in [0.5, 0.6) is 5.75 Å². The second-order valence-electron chi connectivity index (χ2n) is 5.49. The van der Waals surface area contributed by atoms with Gasteiger partial charge in [-0.3, -0.25) is 4.90 Å². The molecule has 19 heavy (non-hydrogen) atoms. The zero-order chi connectivity index (χ0) is 13.2. The average molecular weight is 328 g/mol. The van der Waals surface area contributed by atoms with E-state index in [1.807, 2.05) is 0 Å². The summed E-state index contributed by atoms with van der Waals surface area (Å²) in [6.07, 6.45) is 4.87. The van der Waals surface area contributed by atoms with Crippen LogP contribution < -0.4 is 4.74 Å². The third-order valence-corrected chi connectivity index (χ3v) is 4.88. The average Bonchev–Trinajstić information content (AvgIpc) is 2.80. The molecule has 2 nitrogen and oxygen atoms in total. The smallest absolute Gasteiger partial charge is 0.123 e. The first-order valence-corrected chi connectivity index (χ1v) is 8.13. The van der Waals surface area contributed by atoms with Crippen LogP contribution in [0.25, 0.3) is 0 Å². The van der Waals surface area contributed by atoms with Crippen LogP contribution in [-0.4, -0.2) is 35.5 Å². The molecule has 2 unspecified atom stereocenters. The lowest BCUT2D eigenvalue weighted by atomic mass is 10.0. The van der Waals surface area contributed by atoms with Gasteiger partial charge in [0.15, 0.2) is 0 Å². The van der Waals surface area contributed by atoms with Gasteiger partial charge in [-0.1, -0.05) is 22.4 Å². The van der Waals surface area contributed by atoms with Crippen molar-refractivity contribution < 1.29 is 9.13 Å². The Morgan fingerprint density at radius 3 is 3.11 bits per heavy atom. The molecule has 4 heteroatoms. The molecule has 2 atom stereocenters. The van der Waals surface area contributed by atoms with Crippen molar-refractivity contribution in [3.8, 4) is 5.75 Å². The van der Waals surface area contributed by atoms with E-state index in [0.29, 0.717) is 6.04 Å². The van der Waals surface area contributed by atoms with E-state index >= 15 is 0 Å². The highest BCUT2D eigenvalue weighted by atomic mass is 79.9. The van der Waals surface area contributed by atoms with Crippen LogP contribution in [0.2, 0.25) is 0 Å². The first kappa shape index (κ1) is 13.4. The SMILES string of the molecule is Fc1ccc2c(c1)CC(CN1CCCCC1CBr)O2. The molecule has 0 bridgehead atoms. The molecular formula is C15H19BrFNO. The third-order valence-electron chi connectivity index (χ3n) is 4.13. The molecule has 0 saturated carbocycles. The van der Waals surface area contributed by atoms with Crippen molar-refractivity contribution in [2.24, 2.45) is 0 Å². The maximum atomic E-state index is 13.2. The topological polar surface area (TPSA) is 12.5 Å². The maximum absolute atomic E-state index is 13.2. The third kappa shape index (κ3) is 2.95. The normalized spacial score (nSPS) is 27.1. The molecule has 0 aliphatic carbocycles. The van der Waals surface area contributed by atoms with Crippen molar-refractivity contribution in [3.63, 3.8) is 0 Å². The van der Waals surface area contributed by atoms with Crippen LogP contribution in [0.1, 0.15) is 24.8 Å². The summed E-state index contributed by atoms with van der Waals surface area (Å²) < 4.78 is 19.1. The standard InChI is InChI=1S/C15H19BrFNO/c16-9-13-3-1-2-6-18(13)10-14-8-11-7-12(17)4-5-15(11)19-14/h4-5,7,13-14H,1-3,6,8-10H2. The molecule has 0 amide bonds. The molecule has 3 rings (SSSR count). The number of benzene rings is 1. The Balaban J connectivity index is 1.63. The van der Waals surface area contributed by atoms with E-state index in [1.165, 1.54) is 25.3 Å². The molecule has 0 aromatic heterocycles. The van der Waals surface area contributed by atoms with Gasteiger partial charge in [-0.2, -0.15) is 0 Å². The molecule has 104 valence electrons. The molecule has 0 N–H and O–H groups in total. The number of piperidine rings is 1. The number of likely N-dealkylation sites (tertiary alicyclic amines) is 1. The van der Waals surface area contributed by atoms with Gasteiger partial charge in [0.1, 0.15) is 17.7 Å². The number of fused-ring (bicyclic) bond motifs is 1. The molecule has 1 fully saturated rings. The minimum Gasteiger partial charge on any atom is -0.488 e. The molecule has 2 heterocycles. The first-order valence-electron chi connectivity index (χ1n) is 7.01. The summed E-state index contributed by atoms with van der Waals surface area (Å²) in [6, 6.07) is 5.46. The number of hydrogen-bond donors (Lipinski definition) is 0. The molecule has 1 aromatic rings. The van der Waals surface area contributed by atoms with Gasteiger partial charge in [-0.15, -0.1) is 0 Å². The van der Waals surface area contributed by atoms with E-state index in [4.69, 9.17) is 4.74 Å². The minimum absolute atomic E-state index is 0.167. The van der Waals surface area contributed by atoms with Crippen LogP contribution in [0.4, 0.5) is 4.39 Å². The number of hydrogen-bond acceptors (Lipinski definition) is 2. The summed E-state index contributed by atoms with van der Waals surface area (Å²) >= 11 is 3.61. The van der Waals surface area contributed by atoms with Gasteiger partial charge in [-0.25, -0.2) is 4.39 Å². The predicted octanol–water partition coefficient (Wildman–Crippen LogP) is 3.38. The number of alkyl halides is 1. The lowest BCUT2D eigenvalue weighted by Gasteiger charge is -2.36. The van der Waals surface area contributed by atoms with Crippen molar-refractivity contribution in [2.45, 2.75) is 37.8 Å². The largest absolute Gasteiger partial charge is 0.488 e. The molecule has 1 aromatic carbocycles. The fourth-order valence-corrected chi connectivity index (χ4v) is 3.86. The first-order chi connectivity index (χ1) is 9.26. The van der Waals surface area contributed by atoms with Crippen molar-refractivity contribution in [1.29, 1.82) is 0 Å². The Morgan fingerprint density at radius 2 is 2.26 bits per heavy atom. The number of nitrogens with zero attached hydrogens (tertiary/aromatic N) is 1. The van der Waals surface area contributed by atoms with Gasteiger partial charge in [0.25, 0.3) is 0 Å². The van der Waals surface area contributed by atoms with Gasteiger partial charge >= 0.3 is 0 Å². The van der Waals surface area contributed by atoms with E-state index in [1.54, 1.807) is 12.1 Å². The van der Waals surface area contributed by atoms with Gasteiger partial charge in [-0.05, 0) is 37.6 Å². The second kappa shape index (κ2) is 5.80. The van der Waals surface area contributed by atoms with Crippen LogP contribution in [0, 0.1) is 5.82 Å². The second-order valence-corrected chi connectivity index (χ2v) is 6.14. The fourth-order valence-electron chi connectivity index (χ4n) is 3.13. The van der Waals surface area contributed by atoms with Gasteiger partial charge in [0, 0.05) is 29.9 Å². The predicted molar refractivity (Wildman–Crippen MR) is 77.5 cm³/mol. The quantitative estimate of drug-likeness (QED) is 0.789. The van der Waals surface area contributed by atoms with Gasteiger partial charge in [0.05, 0.1) is 0 Å². The lowest BCUT2D eigenvalue weighted by molar-refractivity contribution is 0.100. The summed E-state index contributed by atoms with van der Waals surface area (Å²) in [5, 5.41) is 1.03. The highest BCUT2D eigenvalue weighted by Gasteiger charge is 2.29. The zero-order valence-electron chi connectivity index (χ0n) is 10.9. The van der Waals surface area contributed by atoms with Crippen LogP contribution in [0.3, 0.4) is 0 Å². The fraction of sp³-hybridized carbons (Fsp3) is 0.600. The van der Waals surface area contributed by atoms with Gasteiger partial charge in [0.2, 0.25) is 0 Å². The van der Waals surface area contributed by atoms with Gasteiger partial charge < -0.3 is 4.74 Å². The zero-order valence-corrected chi connectivity index (χ0v) is 12.5. The molecule has 2 aliphatic heterocycles.